The number of nitrogens with one attached hydrogen (secondary N) is 1. The van der Waals surface area contributed by atoms with Gasteiger partial charge in [-0.3, -0.25) is 4.79 Å². The first-order valence-corrected chi connectivity index (χ1v) is 10.5. The summed E-state index contributed by atoms with van der Waals surface area (Å²) >= 11 is 0. The van der Waals surface area contributed by atoms with E-state index in [1.807, 2.05) is 23.1 Å². The van der Waals surface area contributed by atoms with Gasteiger partial charge < -0.3 is 20.1 Å². The average Bonchev–Trinajstić information content (AvgIpc) is 2.73. The number of piperidine rings is 1. The van der Waals surface area contributed by atoms with Gasteiger partial charge in [-0.15, -0.1) is 13.2 Å². The van der Waals surface area contributed by atoms with Crippen molar-refractivity contribution in [2.75, 3.05) is 23.3 Å². The molecule has 0 radical (unpaired) electrons. The van der Waals surface area contributed by atoms with Crippen molar-refractivity contribution in [1.82, 2.24) is 0 Å². The Balaban J connectivity index is 1.37. The van der Waals surface area contributed by atoms with E-state index in [2.05, 4.69) is 10.1 Å². The van der Waals surface area contributed by atoms with E-state index in [1.165, 1.54) is 23.8 Å². The Morgan fingerprint density at radius 2 is 1.84 bits per heavy atom. The molecule has 8 heteroatoms. The number of rotatable bonds is 4. The zero-order valence-corrected chi connectivity index (χ0v) is 17.0. The van der Waals surface area contributed by atoms with Crippen LogP contribution in [-0.2, 0) is 17.6 Å². The normalized spacial score (nSPS) is 19.6. The third kappa shape index (κ3) is 5.31. The van der Waals surface area contributed by atoms with Gasteiger partial charge in [-0.25, -0.2) is 0 Å². The lowest BCUT2D eigenvalue weighted by Crippen LogP contribution is -2.38. The van der Waals surface area contributed by atoms with Crippen molar-refractivity contribution in [2.45, 2.75) is 44.6 Å². The van der Waals surface area contributed by atoms with Crippen LogP contribution in [0, 0.1) is 5.92 Å². The molecule has 2 N–H and O–H groups in total. The molecule has 4 rings (SSSR count). The van der Waals surface area contributed by atoms with E-state index < -0.39 is 6.36 Å². The van der Waals surface area contributed by atoms with E-state index in [-0.39, 0.29) is 23.7 Å². The maximum absolute atomic E-state index is 12.9. The molecule has 166 valence electrons. The van der Waals surface area contributed by atoms with Crippen LogP contribution in [0.1, 0.15) is 30.4 Å². The first kappa shape index (κ1) is 21.5. The average molecular weight is 434 g/mol. The van der Waals surface area contributed by atoms with Crippen molar-refractivity contribution >= 4 is 17.3 Å². The first-order valence-electron chi connectivity index (χ1n) is 10.5. The molecule has 1 atom stereocenters. The van der Waals surface area contributed by atoms with Gasteiger partial charge in [0, 0.05) is 42.9 Å². The Bertz CT molecular complexity index is 940. The second-order valence-electron chi connectivity index (χ2n) is 8.14. The van der Waals surface area contributed by atoms with Crippen molar-refractivity contribution in [2.24, 2.45) is 5.92 Å². The summed E-state index contributed by atoms with van der Waals surface area (Å²) in [5.74, 6) is -0.474. The number of amides is 1. The number of aliphatic hydroxyl groups is 1. The van der Waals surface area contributed by atoms with Crippen LogP contribution in [0.2, 0.25) is 0 Å². The smallest absolute Gasteiger partial charge is 0.406 e. The lowest BCUT2D eigenvalue weighted by molar-refractivity contribution is -0.274. The highest BCUT2D eigenvalue weighted by atomic mass is 19.4. The Labute approximate surface area is 178 Å². The number of alkyl halides is 3. The zero-order chi connectivity index (χ0) is 22.0. The monoisotopic (exact) mass is 434 g/mol. The van der Waals surface area contributed by atoms with Crippen molar-refractivity contribution in [3.8, 4) is 5.75 Å². The number of anilines is 2. The summed E-state index contributed by atoms with van der Waals surface area (Å²) in [6.45, 7) is 1.14. The Kier molecular flexibility index (Phi) is 6.09. The number of fused-ring (bicyclic) bond motifs is 1. The summed E-state index contributed by atoms with van der Waals surface area (Å²) in [4.78, 5) is 14.8. The number of nitrogens with zero attached hydrogens (tertiary/aromatic N) is 1. The van der Waals surface area contributed by atoms with Gasteiger partial charge in [-0.1, -0.05) is 18.2 Å². The number of carbonyl (C=O) groups is 1. The van der Waals surface area contributed by atoms with Crippen molar-refractivity contribution in [1.29, 1.82) is 0 Å². The molecule has 2 aromatic carbocycles. The van der Waals surface area contributed by atoms with Crippen LogP contribution in [0.25, 0.3) is 0 Å². The highest BCUT2D eigenvalue weighted by Gasteiger charge is 2.32. The fourth-order valence-corrected chi connectivity index (χ4v) is 4.40. The summed E-state index contributed by atoms with van der Waals surface area (Å²) < 4.78 is 41.4. The summed E-state index contributed by atoms with van der Waals surface area (Å²) in [6.07, 6.45) is -1.82. The minimum atomic E-state index is -4.73. The van der Waals surface area contributed by atoms with Gasteiger partial charge in [0.25, 0.3) is 0 Å². The number of hydrogen-bond acceptors (Lipinski definition) is 4. The molecule has 0 aromatic heterocycles. The third-order valence-corrected chi connectivity index (χ3v) is 6.00. The number of halogens is 3. The van der Waals surface area contributed by atoms with Crippen LogP contribution in [-0.4, -0.2) is 36.6 Å². The van der Waals surface area contributed by atoms with Crippen molar-refractivity contribution in [3.63, 3.8) is 0 Å². The minimum Gasteiger partial charge on any atom is -0.406 e. The Morgan fingerprint density at radius 1 is 1.10 bits per heavy atom. The molecule has 0 saturated carbocycles. The molecule has 1 amide bonds. The molecule has 1 aliphatic heterocycles. The molecular weight excluding hydrogens is 409 g/mol. The van der Waals surface area contributed by atoms with E-state index in [9.17, 15) is 23.1 Å². The van der Waals surface area contributed by atoms with Gasteiger partial charge in [0.1, 0.15) is 5.75 Å². The molecule has 0 bridgehead atoms. The second-order valence-corrected chi connectivity index (χ2v) is 8.14. The van der Waals surface area contributed by atoms with Crippen molar-refractivity contribution < 1.29 is 27.8 Å². The first-order chi connectivity index (χ1) is 14.8. The maximum atomic E-state index is 12.9. The largest absolute Gasteiger partial charge is 0.573 e. The predicted molar refractivity (Wildman–Crippen MR) is 111 cm³/mol. The quantitative estimate of drug-likeness (QED) is 0.754. The maximum Gasteiger partial charge on any atom is 0.573 e. The molecular formula is C23H25F3N2O3. The Morgan fingerprint density at radius 3 is 2.58 bits per heavy atom. The molecule has 1 aliphatic carbocycles. The molecule has 1 fully saturated rings. The van der Waals surface area contributed by atoms with Gasteiger partial charge in [0.15, 0.2) is 0 Å². The van der Waals surface area contributed by atoms with Crippen LogP contribution in [0.4, 0.5) is 24.5 Å². The molecule has 0 unspecified atom stereocenters. The molecule has 5 nitrogen and oxygen atoms in total. The summed E-state index contributed by atoms with van der Waals surface area (Å²) in [5, 5.41) is 13.0. The van der Waals surface area contributed by atoms with Gasteiger partial charge in [-0.2, -0.15) is 0 Å². The van der Waals surface area contributed by atoms with Gasteiger partial charge in [-0.05, 0) is 55.0 Å². The van der Waals surface area contributed by atoms with Crippen LogP contribution >= 0.6 is 0 Å². The van der Waals surface area contributed by atoms with E-state index in [0.29, 0.717) is 38.0 Å². The van der Waals surface area contributed by atoms with E-state index >= 15 is 0 Å². The predicted octanol–water partition coefficient (Wildman–Crippen LogP) is 4.29. The fraction of sp³-hybridized carbons (Fsp3) is 0.435. The molecule has 0 spiro atoms. The fourth-order valence-electron chi connectivity index (χ4n) is 4.40. The van der Waals surface area contributed by atoms with Crippen LogP contribution in [0.5, 0.6) is 5.75 Å². The number of aryl methyl sites for hydroxylation is 1. The number of carbonyl (C=O) groups excluding carboxylic acids is 1. The molecule has 1 saturated heterocycles. The third-order valence-electron chi connectivity index (χ3n) is 6.00. The van der Waals surface area contributed by atoms with E-state index in [4.69, 9.17) is 0 Å². The van der Waals surface area contributed by atoms with Gasteiger partial charge >= 0.3 is 6.36 Å². The Hall–Kier alpha value is -2.74. The standard InChI is InChI=1S/C23H25F3N2O3/c24-23(25,26)31-19-5-2-4-17(13-19)28-11-9-16(10-12-28)22(30)27-21-6-1-3-15-7-8-18(29)14-20(15)21/h1-6,13,16,18,29H,7-12,14H2,(H,27,30)/t18-/m1/s1. The van der Waals surface area contributed by atoms with Crippen LogP contribution in [0.15, 0.2) is 42.5 Å². The summed E-state index contributed by atoms with van der Waals surface area (Å²) in [6, 6.07) is 11.7. The highest BCUT2D eigenvalue weighted by Crippen LogP contribution is 2.31. The highest BCUT2D eigenvalue weighted by molar-refractivity contribution is 5.93. The van der Waals surface area contributed by atoms with Crippen LogP contribution in [0.3, 0.4) is 0 Å². The number of benzene rings is 2. The summed E-state index contributed by atoms with van der Waals surface area (Å²) in [7, 11) is 0. The van der Waals surface area contributed by atoms with Gasteiger partial charge in [0.2, 0.25) is 5.91 Å². The van der Waals surface area contributed by atoms with E-state index in [0.717, 1.165) is 24.1 Å². The molecule has 31 heavy (non-hydrogen) atoms. The number of aliphatic hydroxyl groups excluding tert-OH is 1. The lowest BCUT2D eigenvalue weighted by atomic mass is 9.88. The molecule has 2 aliphatic rings. The minimum absolute atomic E-state index is 0.0535. The van der Waals surface area contributed by atoms with Gasteiger partial charge in [0.05, 0.1) is 6.10 Å². The summed E-state index contributed by atoms with van der Waals surface area (Å²) in [5.41, 5.74) is 3.58. The lowest BCUT2D eigenvalue weighted by Gasteiger charge is -2.33. The van der Waals surface area contributed by atoms with Crippen LogP contribution < -0.4 is 15.0 Å². The second kappa shape index (κ2) is 8.78. The molecule has 2 aromatic rings. The number of ether oxygens (including phenoxy) is 1. The van der Waals surface area contributed by atoms with E-state index in [1.54, 1.807) is 6.07 Å². The zero-order valence-electron chi connectivity index (χ0n) is 17.0. The molecule has 1 heterocycles. The number of hydrogen-bond donors (Lipinski definition) is 2. The SMILES string of the molecule is O=C(Nc1cccc2c1C[C@H](O)CC2)C1CCN(c2cccc(OC(F)(F)F)c2)CC1. The van der Waals surface area contributed by atoms with Crippen molar-refractivity contribution in [3.05, 3.63) is 53.6 Å². The topological polar surface area (TPSA) is 61.8 Å².